The number of rotatable bonds is 4. The number of anilines is 1. The van der Waals surface area contributed by atoms with E-state index in [2.05, 4.69) is 31.3 Å². The zero-order valence-electron chi connectivity index (χ0n) is 14.5. The predicted octanol–water partition coefficient (Wildman–Crippen LogP) is 3.11. The van der Waals surface area contributed by atoms with Crippen molar-refractivity contribution < 1.29 is 9.36 Å². The minimum atomic E-state index is -0.0395. The van der Waals surface area contributed by atoms with E-state index in [9.17, 15) is 4.79 Å². The van der Waals surface area contributed by atoms with Crippen molar-refractivity contribution in [1.29, 1.82) is 0 Å². The molecule has 0 spiro atoms. The lowest BCUT2D eigenvalue weighted by atomic mass is 10.2. The molecule has 4 aromatic rings. The van der Waals surface area contributed by atoms with Gasteiger partial charge in [-0.25, -0.2) is 9.78 Å². The Labute approximate surface area is 163 Å². The quantitative estimate of drug-likeness (QED) is 0.510. The van der Waals surface area contributed by atoms with E-state index in [1.165, 1.54) is 11.5 Å². The molecule has 0 aliphatic carbocycles. The molecule has 4 heterocycles. The van der Waals surface area contributed by atoms with Crippen LogP contribution in [0.4, 0.5) is 5.82 Å². The van der Waals surface area contributed by atoms with Gasteiger partial charge in [0.05, 0.1) is 23.3 Å². The van der Waals surface area contributed by atoms with E-state index >= 15 is 0 Å². The van der Waals surface area contributed by atoms with Crippen LogP contribution in [0.3, 0.4) is 0 Å². The first-order valence-corrected chi connectivity index (χ1v) is 9.11. The van der Waals surface area contributed by atoms with Gasteiger partial charge in [-0.1, -0.05) is 6.07 Å². The largest absolute Gasteiger partial charge is 0.389 e. The van der Waals surface area contributed by atoms with Gasteiger partial charge in [-0.2, -0.15) is 9.61 Å². The SMILES string of the molecule is CC(=O)[n+]1ccc(-c2cc(NCc3cccnc3)n3ncc(Br)c3n2)cc1. The zero-order valence-corrected chi connectivity index (χ0v) is 16.1. The van der Waals surface area contributed by atoms with Crippen molar-refractivity contribution >= 4 is 33.3 Å². The lowest BCUT2D eigenvalue weighted by molar-refractivity contribution is -0.572. The smallest absolute Gasteiger partial charge is 0.366 e. The maximum Gasteiger partial charge on any atom is 0.389 e. The second-order valence-electron chi connectivity index (χ2n) is 5.98. The Bertz CT molecular complexity index is 1110. The Hall–Kier alpha value is -3.13. The molecular weight excluding hydrogens is 408 g/mol. The third-order valence-corrected chi connectivity index (χ3v) is 4.67. The molecule has 0 unspecified atom stereocenters. The molecule has 0 aliphatic heterocycles. The second-order valence-corrected chi connectivity index (χ2v) is 6.84. The van der Waals surface area contributed by atoms with E-state index in [0.717, 1.165) is 27.1 Å². The number of aromatic nitrogens is 5. The number of carbonyl (C=O) groups is 1. The van der Waals surface area contributed by atoms with Gasteiger partial charge >= 0.3 is 5.91 Å². The highest BCUT2D eigenvalue weighted by Crippen LogP contribution is 2.25. The average molecular weight is 424 g/mol. The summed E-state index contributed by atoms with van der Waals surface area (Å²) in [6.45, 7) is 2.14. The first-order chi connectivity index (χ1) is 13.1. The van der Waals surface area contributed by atoms with Crippen molar-refractivity contribution in [3.05, 3.63) is 71.4 Å². The van der Waals surface area contributed by atoms with Gasteiger partial charge in [0.1, 0.15) is 5.82 Å². The minimum absolute atomic E-state index is 0.0395. The summed E-state index contributed by atoms with van der Waals surface area (Å²) in [5.74, 6) is 0.773. The number of nitrogens with zero attached hydrogens (tertiary/aromatic N) is 5. The van der Waals surface area contributed by atoms with E-state index in [-0.39, 0.29) is 5.91 Å². The predicted molar refractivity (Wildman–Crippen MR) is 104 cm³/mol. The Kier molecular flexibility index (Phi) is 4.64. The maximum absolute atomic E-state index is 11.5. The maximum atomic E-state index is 11.5. The van der Waals surface area contributed by atoms with Crippen molar-refractivity contribution in [2.75, 3.05) is 5.32 Å². The number of fused-ring (bicyclic) bond motifs is 1. The van der Waals surface area contributed by atoms with E-state index in [1.807, 2.05) is 36.5 Å². The van der Waals surface area contributed by atoms with E-state index in [0.29, 0.717) is 12.2 Å². The Morgan fingerprint density at radius 3 is 2.78 bits per heavy atom. The molecule has 0 atom stereocenters. The van der Waals surface area contributed by atoms with Gasteiger partial charge in [-0.15, -0.1) is 4.57 Å². The topological polar surface area (TPSA) is 76.1 Å². The summed E-state index contributed by atoms with van der Waals surface area (Å²) in [5, 5.41) is 7.78. The van der Waals surface area contributed by atoms with Crippen molar-refractivity contribution in [3.8, 4) is 11.3 Å². The van der Waals surface area contributed by atoms with Gasteiger partial charge in [-0.05, 0) is 27.6 Å². The summed E-state index contributed by atoms with van der Waals surface area (Å²) >= 11 is 3.50. The Balaban J connectivity index is 1.73. The Morgan fingerprint density at radius 2 is 2.07 bits per heavy atom. The standard InChI is InChI=1S/C19H16BrN6O/c1-13(27)25-7-4-15(5-8-25)17-9-18(22-11-14-3-2-6-21-10-14)26-19(24-17)16(20)12-23-26/h2-10,12,22H,11H2,1H3/q+1. The molecule has 27 heavy (non-hydrogen) atoms. The summed E-state index contributed by atoms with van der Waals surface area (Å²) in [6.07, 6.45) is 8.76. The van der Waals surface area contributed by atoms with Gasteiger partial charge < -0.3 is 5.32 Å². The molecular formula is C19H16BrN6O+. The molecule has 4 aromatic heterocycles. The van der Waals surface area contributed by atoms with Gasteiger partial charge in [0.2, 0.25) is 0 Å². The average Bonchev–Trinajstić information content (AvgIpc) is 3.08. The molecule has 0 saturated heterocycles. The normalized spacial score (nSPS) is 10.9. The number of hydrogen-bond acceptors (Lipinski definition) is 5. The zero-order chi connectivity index (χ0) is 18.8. The molecule has 7 nitrogen and oxygen atoms in total. The van der Waals surface area contributed by atoms with E-state index in [1.54, 1.807) is 29.3 Å². The monoisotopic (exact) mass is 423 g/mol. The highest BCUT2D eigenvalue weighted by Gasteiger charge is 2.13. The lowest BCUT2D eigenvalue weighted by Crippen LogP contribution is -2.39. The Morgan fingerprint density at radius 1 is 1.26 bits per heavy atom. The molecule has 8 heteroatoms. The molecule has 0 fully saturated rings. The van der Waals surface area contributed by atoms with Crippen molar-refractivity contribution in [2.24, 2.45) is 0 Å². The third kappa shape index (κ3) is 3.56. The summed E-state index contributed by atoms with van der Waals surface area (Å²) in [4.78, 5) is 20.3. The van der Waals surface area contributed by atoms with Crippen LogP contribution in [0.1, 0.15) is 17.3 Å². The fourth-order valence-electron chi connectivity index (χ4n) is 2.71. The van der Waals surface area contributed by atoms with E-state index in [4.69, 9.17) is 4.98 Å². The van der Waals surface area contributed by atoms with Crippen molar-refractivity contribution in [2.45, 2.75) is 13.5 Å². The third-order valence-electron chi connectivity index (χ3n) is 4.11. The molecule has 0 radical (unpaired) electrons. The number of hydrogen-bond donors (Lipinski definition) is 1. The summed E-state index contributed by atoms with van der Waals surface area (Å²) in [5.41, 5.74) is 3.47. The summed E-state index contributed by atoms with van der Waals surface area (Å²) in [6, 6.07) is 9.60. The van der Waals surface area contributed by atoms with Crippen LogP contribution >= 0.6 is 15.9 Å². The summed E-state index contributed by atoms with van der Waals surface area (Å²) in [7, 11) is 0. The van der Waals surface area contributed by atoms with Crippen LogP contribution in [-0.4, -0.2) is 25.5 Å². The molecule has 0 saturated carbocycles. The van der Waals surface area contributed by atoms with Gasteiger partial charge in [0.25, 0.3) is 0 Å². The summed E-state index contributed by atoms with van der Waals surface area (Å²) < 4.78 is 4.09. The fourth-order valence-corrected chi connectivity index (χ4v) is 3.06. The number of pyridine rings is 2. The first-order valence-electron chi connectivity index (χ1n) is 8.31. The van der Waals surface area contributed by atoms with Crippen LogP contribution in [0.5, 0.6) is 0 Å². The molecule has 0 aliphatic rings. The van der Waals surface area contributed by atoms with Crippen LogP contribution in [0.15, 0.2) is 65.8 Å². The van der Waals surface area contributed by atoms with Crippen LogP contribution in [0.25, 0.3) is 16.9 Å². The molecule has 0 amide bonds. The number of carbonyl (C=O) groups excluding carboxylic acids is 1. The van der Waals surface area contributed by atoms with Crippen LogP contribution in [-0.2, 0) is 6.54 Å². The molecule has 0 aromatic carbocycles. The molecule has 0 bridgehead atoms. The highest BCUT2D eigenvalue weighted by atomic mass is 79.9. The van der Waals surface area contributed by atoms with Gasteiger partial charge in [0.15, 0.2) is 18.0 Å². The molecule has 134 valence electrons. The van der Waals surface area contributed by atoms with Gasteiger partial charge in [0, 0.05) is 42.7 Å². The minimum Gasteiger partial charge on any atom is -0.366 e. The van der Waals surface area contributed by atoms with Crippen molar-refractivity contribution in [1.82, 2.24) is 19.6 Å². The van der Waals surface area contributed by atoms with Crippen molar-refractivity contribution in [3.63, 3.8) is 0 Å². The molecule has 4 rings (SSSR count). The fraction of sp³-hybridized carbons (Fsp3) is 0.105. The van der Waals surface area contributed by atoms with Crippen LogP contribution in [0.2, 0.25) is 0 Å². The van der Waals surface area contributed by atoms with E-state index < -0.39 is 0 Å². The van der Waals surface area contributed by atoms with Crippen LogP contribution in [0, 0.1) is 0 Å². The number of halogens is 1. The lowest BCUT2D eigenvalue weighted by Gasteiger charge is -2.10. The molecule has 1 N–H and O–H groups in total. The highest BCUT2D eigenvalue weighted by molar-refractivity contribution is 9.10. The number of nitrogens with one attached hydrogen (secondary N) is 1. The second kappa shape index (κ2) is 7.24. The van der Waals surface area contributed by atoms with Gasteiger partial charge in [-0.3, -0.25) is 4.98 Å². The first kappa shape index (κ1) is 17.3. The van der Waals surface area contributed by atoms with Crippen LogP contribution < -0.4 is 9.88 Å².